The number of ether oxygens (including phenoxy) is 1. The molecule has 0 aliphatic carbocycles. The molecule has 2 aromatic carbocycles. The molecular formula is C26H18F2N4O3. The number of amides is 1. The Hall–Kier alpha value is -4.58. The SMILES string of the molecule is N#Cc1ccc(N2CCN(C(=O)c3cccc(C=C4OC(=O)c5c4ccc(F)c5F)c3)CC2)nc1. The first-order valence-corrected chi connectivity index (χ1v) is 10.9. The molecule has 0 unspecified atom stereocenters. The van der Waals surface area contributed by atoms with Gasteiger partial charge in [0.05, 0.1) is 5.56 Å². The number of esters is 1. The van der Waals surface area contributed by atoms with Crippen LogP contribution >= 0.6 is 0 Å². The molecule has 35 heavy (non-hydrogen) atoms. The smallest absolute Gasteiger partial charge is 0.347 e. The van der Waals surface area contributed by atoms with Gasteiger partial charge in [0.15, 0.2) is 11.6 Å². The number of piperazine rings is 1. The zero-order valence-corrected chi connectivity index (χ0v) is 18.4. The molecule has 3 heterocycles. The van der Waals surface area contributed by atoms with Gasteiger partial charge < -0.3 is 14.5 Å². The summed E-state index contributed by atoms with van der Waals surface area (Å²) in [6.07, 6.45) is 3.05. The molecule has 2 aliphatic heterocycles. The summed E-state index contributed by atoms with van der Waals surface area (Å²) in [5.74, 6) is -2.61. The Balaban J connectivity index is 1.30. The van der Waals surface area contributed by atoms with Crippen molar-refractivity contribution < 1.29 is 23.1 Å². The highest BCUT2D eigenvalue weighted by atomic mass is 19.2. The number of aromatic nitrogens is 1. The first-order chi connectivity index (χ1) is 16.9. The van der Waals surface area contributed by atoms with Gasteiger partial charge in [-0.25, -0.2) is 18.6 Å². The zero-order valence-electron chi connectivity index (χ0n) is 18.4. The maximum absolute atomic E-state index is 14.0. The topological polar surface area (TPSA) is 86.5 Å². The van der Waals surface area contributed by atoms with Crippen molar-refractivity contribution in [2.75, 3.05) is 31.1 Å². The fourth-order valence-electron chi connectivity index (χ4n) is 4.14. The molecule has 5 rings (SSSR count). The Morgan fingerprint density at radius 1 is 1.09 bits per heavy atom. The van der Waals surface area contributed by atoms with Crippen molar-refractivity contribution in [2.45, 2.75) is 0 Å². The lowest BCUT2D eigenvalue weighted by molar-refractivity contribution is 0.0710. The minimum atomic E-state index is -1.24. The number of cyclic esters (lactones) is 1. The molecule has 9 heteroatoms. The summed E-state index contributed by atoms with van der Waals surface area (Å²) in [5.41, 5.74) is 1.26. The maximum atomic E-state index is 14.0. The fourth-order valence-corrected chi connectivity index (χ4v) is 4.14. The van der Waals surface area contributed by atoms with E-state index in [1.807, 2.05) is 6.07 Å². The Morgan fingerprint density at radius 3 is 2.60 bits per heavy atom. The van der Waals surface area contributed by atoms with E-state index in [0.29, 0.717) is 42.9 Å². The third-order valence-electron chi connectivity index (χ3n) is 5.97. The lowest BCUT2D eigenvalue weighted by atomic mass is 10.0. The van der Waals surface area contributed by atoms with Crippen molar-refractivity contribution in [1.82, 2.24) is 9.88 Å². The summed E-state index contributed by atoms with van der Waals surface area (Å²) in [5, 5.41) is 8.92. The van der Waals surface area contributed by atoms with Crippen molar-refractivity contribution >= 4 is 29.5 Å². The van der Waals surface area contributed by atoms with Crippen LogP contribution in [-0.4, -0.2) is 47.9 Å². The lowest BCUT2D eigenvalue weighted by Crippen LogP contribution is -2.49. The highest BCUT2D eigenvalue weighted by molar-refractivity contribution is 6.06. The van der Waals surface area contributed by atoms with Crippen LogP contribution in [0.2, 0.25) is 0 Å². The van der Waals surface area contributed by atoms with Crippen LogP contribution in [0.1, 0.15) is 37.4 Å². The molecule has 7 nitrogen and oxygen atoms in total. The van der Waals surface area contributed by atoms with Crippen LogP contribution < -0.4 is 4.90 Å². The van der Waals surface area contributed by atoms with Crippen molar-refractivity contribution in [3.8, 4) is 6.07 Å². The Bertz CT molecular complexity index is 1410. The molecule has 174 valence electrons. The van der Waals surface area contributed by atoms with E-state index in [9.17, 15) is 18.4 Å². The van der Waals surface area contributed by atoms with Gasteiger partial charge in [-0.2, -0.15) is 5.26 Å². The number of nitriles is 1. The van der Waals surface area contributed by atoms with E-state index in [1.165, 1.54) is 18.3 Å². The van der Waals surface area contributed by atoms with E-state index in [0.717, 1.165) is 11.9 Å². The van der Waals surface area contributed by atoms with Crippen molar-refractivity contribution in [1.29, 1.82) is 5.26 Å². The molecule has 3 aromatic rings. The van der Waals surface area contributed by atoms with Crippen LogP contribution in [0, 0.1) is 23.0 Å². The summed E-state index contributed by atoms with van der Waals surface area (Å²) < 4.78 is 32.7. The average molecular weight is 472 g/mol. The number of hydrogen-bond donors (Lipinski definition) is 0. The third-order valence-corrected chi connectivity index (χ3v) is 5.97. The molecule has 0 atom stereocenters. The van der Waals surface area contributed by atoms with Crippen molar-refractivity contribution in [3.63, 3.8) is 0 Å². The summed E-state index contributed by atoms with van der Waals surface area (Å²) in [7, 11) is 0. The Labute approximate surface area is 199 Å². The quantitative estimate of drug-likeness (QED) is 0.538. The number of carbonyl (C=O) groups is 2. The van der Waals surface area contributed by atoms with Crippen LogP contribution in [0.25, 0.3) is 11.8 Å². The largest absolute Gasteiger partial charge is 0.422 e. The number of benzene rings is 2. The summed E-state index contributed by atoms with van der Waals surface area (Å²) in [4.78, 5) is 33.2. The summed E-state index contributed by atoms with van der Waals surface area (Å²) in [6.45, 7) is 2.20. The predicted molar refractivity (Wildman–Crippen MR) is 123 cm³/mol. The van der Waals surface area contributed by atoms with Gasteiger partial charge >= 0.3 is 5.97 Å². The molecule has 1 saturated heterocycles. The van der Waals surface area contributed by atoms with Gasteiger partial charge in [0.25, 0.3) is 5.91 Å². The second kappa shape index (κ2) is 8.99. The van der Waals surface area contributed by atoms with E-state index < -0.39 is 23.2 Å². The second-order valence-electron chi connectivity index (χ2n) is 8.10. The Kier molecular flexibility index (Phi) is 5.71. The zero-order chi connectivity index (χ0) is 24.5. The lowest BCUT2D eigenvalue weighted by Gasteiger charge is -2.35. The minimum Gasteiger partial charge on any atom is -0.422 e. The highest BCUT2D eigenvalue weighted by Crippen LogP contribution is 2.34. The monoisotopic (exact) mass is 472 g/mol. The van der Waals surface area contributed by atoms with E-state index >= 15 is 0 Å². The highest BCUT2D eigenvalue weighted by Gasteiger charge is 2.32. The standard InChI is InChI=1S/C26H18F2N4O3/c27-20-6-5-19-21(35-26(34)23(19)24(20)28)13-16-2-1-3-18(12-16)25(33)32-10-8-31(9-11-32)22-7-4-17(14-29)15-30-22/h1-7,12-13,15H,8-11H2. The van der Waals surface area contributed by atoms with E-state index in [2.05, 4.69) is 9.88 Å². The summed E-state index contributed by atoms with van der Waals surface area (Å²) in [6, 6.07) is 14.6. The number of pyridine rings is 1. The van der Waals surface area contributed by atoms with Gasteiger partial charge in [0.1, 0.15) is 23.2 Å². The normalized spacial score (nSPS) is 16.1. The molecule has 0 radical (unpaired) electrons. The van der Waals surface area contributed by atoms with Gasteiger partial charge in [-0.15, -0.1) is 0 Å². The third kappa shape index (κ3) is 4.22. The number of anilines is 1. The second-order valence-corrected chi connectivity index (χ2v) is 8.10. The number of fused-ring (bicyclic) bond motifs is 1. The molecule has 0 N–H and O–H groups in total. The molecule has 0 spiro atoms. The van der Waals surface area contributed by atoms with Gasteiger partial charge in [-0.05, 0) is 48.0 Å². The van der Waals surface area contributed by atoms with Gasteiger partial charge in [0, 0.05) is 43.5 Å². The molecule has 0 saturated carbocycles. The molecule has 1 aromatic heterocycles. The molecule has 0 bridgehead atoms. The predicted octanol–water partition coefficient (Wildman–Crippen LogP) is 3.86. The average Bonchev–Trinajstić information content (AvgIpc) is 3.21. The van der Waals surface area contributed by atoms with E-state index in [-0.39, 0.29) is 17.2 Å². The first kappa shape index (κ1) is 22.2. The van der Waals surface area contributed by atoms with E-state index in [1.54, 1.807) is 41.3 Å². The molecular weight excluding hydrogens is 454 g/mol. The number of nitrogens with zero attached hydrogens (tertiary/aromatic N) is 4. The van der Waals surface area contributed by atoms with Crippen LogP contribution in [0.5, 0.6) is 0 Å². The number of halogens is 2. The fraction of sp³-hybridized carbons (Fsp3) is 0.154. The van der Waals surface area contributed by atoms with Crippen LogP contribution in [-0.2, 0) is 4.74 Å². The van der Waals surface area contributed by atoms with Gasteiger partial charge in [-0.3, -0.25) is 4.79 Å². The summed E-state index contributed by atoms with van der Waals surface area (Å²) >= 11 is 0. The molecule has 1 fully saturated rings. The van der Waals surface area contributed by atoms with Crippen molar-refractivity contribution in [2.24, 2.45) is 0 Å². The number of rotatable bonds is 3. The van der Waals surface area contributed by atoms with Gasteiger partial charge in [0.2, 0.25) is 0 Å². The minimum absolute atomic E-state index is 0.0945. The maximum Gasteiger partial charge on any atom is 0.347 e. The number of carbonyl (C=O) groups excluding carboxylic acids is 2. The van der Waals surface area contributed by atoms with Crippen LogP contribution in [0.4, 0.5) is 14.6 Å². The van der Waals surface area contributed by atoms with Crippen molar-refractivity contribution in [3.05, 3.63) is 94.2 Å². The van der Waals surface area contributed by atoms with Crippen LogP contribution in [0.15, 0.2) is 54.7 Å². The molecule has 1 amide bonds. The van der Waals surface area contributed by atoms with Gasteiger partial charge in [-0.1, -0.05) is 12.1 Å². The first-order valence-electron chi connectivity index (χ1n) is 10.9. The molecule has 2 aliphatic rings. The number of hydrogen-bond acceptors (Lipinski definition) is 6. The van der Waals surface area contributed by atoms with E-state index in [4.69, 9.17) is 10.00 Å². The van der Waals surface area contributed by atoms with Crippen LogP contribution in [0.3, 0.4) is 0 Å². The Morgan fingerprint density at radius 2 is 1.89 bits per heavy atom.